The minimum absolute atomic E-state index is 0.163. The number of hydrogen-bond acceptors (Lipinski definition) is 3. The van der Waals surface area contributed by atoms with Crippen LogP contribution in [0, 0.1) is 0 Å². The SMILES string of the molecule is CCOC(=O)CNC(CC)CC. The lowest BCUT2D eigenvalue weighted by Crippen LogP contribution is -2.33. The van der Waals surface area contributed by atoms with Gasteiger partial charge in [0.05, 0.1) is 13.2 Å². The Bertz CT molecular complexity index is 122. The molecule has 12 heavy (non-hydrogen) atoms. The second kappa shape index (κ2) is 7.10. The van der Waals surface area contributed by atoms with Crippen molar-refractivity contribution in [3.05, 3.63) is 0 Å². The highest BCUT2D eigenvalue weighted by molar-refractivity contribution is 5.71. The monoisotopic (exact) mass is 173 g/mol. The second-order valence-corrected chi connectivity index (χ2v) is 2.70. The molecule has 0 unspecified atom stereocenters. The molecule has 3 nitrogen and oxygen atoms in total. The molecule has 0 saturated carbocycles. The van der Waals surface area contributed by atoms with Crippen molar-refractivity contribution in [1.29, 1.82) is 0 Å². The summed E-state index contributed by atoms with van der Waals surface area (Å²) < 4.78 is 4.78. The van der Waals surface area contributed by atoms with Gasteiger partial charge in [-0.05, 0) is 19.8 Å². The van der Waals surface area contributed by atoms with Crippen LogP contribution in [-0.2, 0) is 9.53 Å². The van der Waals surface area contributed by atoms with Crippen molar-refractivity contribution in [2.75, 3.05) is 13.2 Å². The number of ether oxygens (including phenoxy) is 1. The Balaban J connectivity index is 3.44. The van der Waals surface area contributed by atoms with E-state index in [-0.39, 0.29) is 5.97 Å². The van der Waals surface area contributed by atoms with Crippen molar-refractivity contribution < 1.29 is 9.53 Å². The fourth-order valence-electron chi connectivity index (χ4n) is 1.02. The zero-order valence-electron chi connectivity index (χ0n) is 8.22. The number of carbonyl (C=O) groups is 1. The quantitative estimate of drug-likeness (QED) is 0.616. The maximum absolute atomic E-state index is 10.9. The first kappa shape index (κ1) is 11.4. The average molecular weight is 173 g/mol. The molecule has 0 atom stereocenters. The molecule has 0 radical (unpaired) electrons. The standard InChI is InChI=1S/C9H19NO2/c1-4-8(5-2)10-7-9(11)12-6-3/h8,10H,4-7H2,1-3H3. The Morgan fingerprint density at radius 3 is 2.33 bits per heavy atom. The third kappa shape index (κ3) is 5.13. The molecule has 0 bridgehead atoms. The number of hydrogen-bond donors (Lipinski definition) is 1. The van der Waals surface area contributed by atoms with Gasteiger partial charge in [0.25, 0.3) is 0 Å². The summed E-state index contributed by atoms with van der Waals surface area (Å²) in [7, 11) is 0. The number of esters is 1. The summed E-state index contributed by atoms with van der Waals surface area (Å²) in [6.45, 7) is 6.82. The van der Waals surface area contributed by atoms with Gasteiger partial charge < -0.3 is 10.1 Å². The third-order valence-corrected chi connectivity index (χ3v) is 1.83. The summed E-state index contributed by atoms with van der Waals surface area (Å²) in [6, 6.07) is 0.439. The predicted molar refractivity (Wildman–Crippen MR) is 49.0 cm³/mol. The first-order chi connectivity index (χ1) is 5.74. The average Bonchev–Trinajstić information content (AvgIpc) is 2.07. The van der Waals surface area contributed by atoms with Gasteiger partial charge in [0.15, 0.2) is 0 Å². The first-order valence-corrected chi connectivity index (χ1v) is 4.63. The Hall–Kier alpha value is -0.570. The molecule has 72 valence electrons. The van der Waals surface area contributed by atoms with Crippen LogP contribution in [0.2, 0.25) is 0 Å². The molecule has 0 rings (SSSR count). The first-order valence-electron chi connectivity index (χ1n) is 4.63. The van der Waals surface area contributed by atoms with Crippen LogP contribution in [0.3, 0.4) is 0 Å². The molecule has 0 amide bonds. The van der Waals surface area contributed by atoms with Crippen LogP contribution in [0.1, 0.15) is 33.6 Å². The van der Waals surface area contributed by atoms with E-state index in [0.717, 1.165) is 12.8 Å². The minimum atomic E-state index is -0.163. The number of rotatable bonds is 6. The maximum Gasteiger partial charge on any atom is 0.319 e. The van der Waals surface area contributed by atoms with Crippen molar-refractivity contribution in [3.63, 3.8) is 0 Å². The molecule has 0 aliphatic rings. The van der Waals surface area contributed by atoms with E-state index in [0.29, 0.717) is 19.2 Å². The van der Waals surface area contributed by atoms with Gasteiger partial charge in [0, 0.05) is 6.04 Å². The highest BCUT2D eigenvalue weighted by atomic mass is 16.5. The van der Waals surface area contributed by atoms with Gasteiger partial charge in [-0.15, -0.1) is 0 Å². The van der Waals surface area contributed by atoms with Crippen LogP contribution in [0.25, 0.3) is 0 Å². The molecule has 0 aliphatic heterocycles. The van der Waals surface area contributed by atoms with Crippen molar-refractivity contribution >= 4 is 5.97 Å². The molecular weight excluding hydrogens is 154 g/mol. The molecule has 0 heterocycles. The summed E-state index contributed by atoms with van der Waals surface area (Å²) in [5.41, 5.74) is 0. The van der Waals surface area contributed by atoms with Crippen molar-refractivity contribution in [2.45, 2.75) is 39.7 Å². The summed E-state index contributed by atoms with van der Waals surface area (Å²) >= 11 is 0. The van der Waals surface area contributed by atoms with Crippen LogP contribution < -0.4 is 5.32 Å². The van der Waals surface area contributed by atoms with Crippen molar-refractivity contribution in [1.82, 2.24) is 5.32 Å². The highest BCUT2D eigenvalue weighted by Crippen LogP contribution is 1.94. The van der Waals surface area contributed by atoms with Crippen LogP contribution in [0.15, 0.2) is 0 Å². The van der Waals surface area contributed by atoms with Gasteiger partial charge in [-0.25, -0.2) is 0 Å². The molecule has 0 aromatic carbocycles. The smallest absolute Gasteiger partial charge is 0.319 e. The maximum atomic E-state index is 10.9. The van der Waals surface area contributed by atoms with Crippen molar-refractivity contribution in [3.8, 4) is 0 Å². The summed E-state index contributed by atoms with van der Waals surface area (Å²) in [5, 5.41) is 3.13. The summed E-state index contributed by atoms with van der Waals surface area (Å²) in [4.78, 5) is 10.9. The molecule has 1 N–H and O–H groups in total. The topological polar surface area (TPSA) is 38.3 Å². The summed E-state index contributed by atoms with van der Waals surface area (Å²) in [5.74, 6) is -0.163. The van der Waals surface area contributed by atoms with E-state index in [1.54, 1.807) is 0 Å². The molecule has 0 aromatic heterocycles. The van der Waals surface area contributed by atoms with Gasteiger partial charge >= 0.3 is 5.97 Å². The Morgan fingerprint density at radius 2 is 1.92 bits per heavy atom. The van der Waals surface area contributed by atoms with Crippen LogP contribution in [0.4, 0.5) is 0 Å². The van der Waals surface area contributed by atoms with E-state index in [2.05, 4.69) is 19.2 Å². The van der Waals surface area contributed by atoms with E-state index in [1.807, 2.05) is 6.92 Å². The van der Waals surface area contributed by atoms with Gasteiger partial charge in [0.1, 0.15) is 0 Å². The van der Waals surface area contributed by atoms with E-state index >= 15 is 0 Å². The van der Waals surface area contributed by atoms with Crippen LogP contribution >= 0.6 is 0 Å². The Kier molecular flexibility index (Phi) is 6.76. The van der Waals surface area contributed by atoms with E-state index in [9.17, 15) is 4.79 Å². The zero-order valence-corrected chi connectivity index (χ0v) is 8.22. The van der Waals surface area contributed by atoms with Crippen molar-refractivity contribution in [2.24, 2.45) is 0 Å². The molecule has 3 heteroatoms. The van der Waals surface area contributed by atoms with E-state index < -0.39 is 0 Å². The fraction of sp³-hybridized carbons (Fsp3) is 0.889. The largest absolute Gasteiger partial charge is 0.465 e. The number of nitrogens with one attached hydrogen (secondary N) is 1. The van der Waals surface area contributed by atoms with Gasteiger partial charge in [-0.2, -0.15) is 0 Å². The van der Waals surface area contributed by atoms with E-state index in [4.69, 9.17) is 4.74 Å². The predicted octanol–water partition coefficient (Wildman–Crippen LogP) is 1.33. The molecular formula is C9H19NO2. The van der Waals surface area contributed by atoms with Gasteiger partial charge in [0.2, 0.25) is 0 Å². The lowest BCUT2D eigenvalue weighted by molar-refractivity contribution is -0.142. The lowest BCUT2D eigenvalue weighted by Gasteiger charge is -2.13. The second-order valence-electron chi connectivity index (χ2n) is 2.70. The fourth-order valence-corrected chi connectivity index (χ4v) is 1.02. The third-order valence-electron chi connectivity index (χ3n) is 1.83. The molecule has 0 aromatic rings. The summed E-state index contributed by atoms with van der Waals surface area (Å²) in [6.07, 6.45) is 2.10. The normalized spacial score (nSPS) is 10.3. The Morgan fingerprint density at radius 1 is 1.33 bits per heavy atom. The van der Waals surface area contributed by atoms with Gasteiger partial charge in [-0.1, -0.05) is 13.8 Å². The lowest BCUT2D eigenvalue weighted by atomic mass is 10.2. The highest BCUT2D eigenvalue weighted by Gasteiger charge is 2.05. The minimum Gasteiger partial charge on any atom is -0.465 e. The van der Waals surface area contributed by atoms with Crippen LogP contribution in [0.5, 0.6) is 0 Å². The molecule has 0 aliphatic carbocycles. The number of carbonyl (C=O) groups excluding carboxylic acids is 1. The van der Waals surface area contributed by atoms with Crippen LogP contribution in [-0.4, -0.2) is 25.2 Å². The molecule has 0 spiro atoms. The van der Waals surface area contributed by atoms with E-state index in [1.165, 1.54) is 0 Å². The van der Waals surface area contributed by atoms with Gasteiger partial charge in [-0.3, -0.25) is 4.79 Å². The molecule has 0 fully saturated rings. The Labute approximate surface area is 74.5 Å². The zero-order chi connectivity index (χ0) is 9.40. The molecule has 0 saturated heterocycles.